The first-order chi connectivity index (χ1) is 16.7. The smallest absolute Gasteiger partial charge is 0.409 e. The van der Waals surface area contributed by atoms with Gasteiger partial charge in [0.1, 0.15) is 6.61 Å². The normalized spacial score (nSPS) is 11.9. The van der Waals surface area contributed by atoms with E-state index in [-0.39, 0.29) is 18.3 Å². The molecule has 0 N–H and O–H groups in total. The third kappa shape index (κ3) is 8.59. The molecule has 0 saturated carbocycles. The van der Waals surface area contributed by atoms with Crippen molar-refractivity contribution in [3.8, 4) is 0 Å². The molecule has 0 aliphatic carbocycles. The van der Waals surface area contributed by atoms with Gasteiger partial charge in [-0.05, 0) is 42.0 Å². The fourth-order valence-electron chi connectivity index (χ4n) is 3.21. The van der Waals surface area contributed by atoms with Gasteiger partial charge < -0.3 is 14.5 Å². The van der Waals surface area contributed by atoms with Crippen molar-refractivity contribution in [3.63, 3.8) is 0 Å². The van der Waals surface area contributed by atoms with E-state index in [4.69, 9.17) is 4.74 Å². The van der Waals surface area contributed by atoms with E-state index >= 15 is 0 Å². The number of ether oxygens (including phenoxy) is 1. The van der Waals surface area contributed by atoms with Crippen LogP contribution in [0, 0.1) is 10.8 Å². The van der Waals surface area contributed by atoms with Crippen LogP contribution in [0.25, 0.3) is 0 Å². The lowest BCUT2D eigenvalue weighted by Crippen LogP contribution is -2.41. The van der Waals surface area contributed by atoms with Crippen molar-refractivity contribution >= 4 is 29.2 Å². The second-order valence-electron chi connectivity index (χ2n) is 10.9. The molecule has 0 spiro atoms. The van der Waals surface area contributed by atoms with E-state index < -0.39 is 16.9 Å². The van der Waals surface area contributed by atoms with Crippen LogP contribution < -0.4 is 0 Å². The van der Waals surface area contributed by atoms with Crippen LogP contribution in [-0.4, -0.2) is 54.8 Å². The number of carbonyl (C=O) groups excluding carboxylic acids is 3. The predicted molar refractivity (Wildman–Crippen MR) is 141 cm³/mol. The van der Waals surface area contributed by atoms with Crippen molar-refractivity contribution in [1.82, 2.24) is 9.80 Å². The van der Waals surface area contributed by atoms with Gasteiger partial charge in [0.05, 0.1) is 11.4 Å². The molecule has 8 heteroatoms. The molecule has 2 rings (SSSR count). The largest absolute Gasteiger partial charge is 0.445 e. The minimum absolute atomic E-state index is 0.0224. The molecule has 0 bridgehead atoms. The number of hydrogen-bond acceptors (Lipinski definition) is 6. The lowest BCUT2D eigenvalue weighted by molar-refractivity contribution is -0.138. The van der Waals surface area contributed by atoms with Gasteiger partial charge in [0.2, 0.25) is 5.91 Å². The van der Waals surface area contributed by atoms with Crippen molar-refractivity contribution in [3.05, 3.63) is 59.7 Å². The summed E-state index contributed by atoms with van der Waals surface area (Å²) in [5, 5.41) is 8.45. The van der Waals surface area contributed by atoms with E-state index in [1.165, 1.54) is 4.90 Å². The maximum absolute atomic E-state index is 12.3. The number of amides is 2. The Morgan fingerprint density at radius 2 is 1.19 bits per heavy atom. The van der Waals surface area contributed by atoms with E-state index in [1.807, 2.05) is 53.7 Å². The maximum atomic E-state index is 12.3. The van der Waals surface area contributed by atoms with Crippen LogP contribution in [-0.2, 0) is 16.1 Å². The molecular formula is C28H38N4O4. The van der Waals surface area contributed by atoms with Gasteiger partial charge in [0, 0.05) is 43.6 Å². The Morgan fingerprint density at radius 3 is 1.67 bits per heavy atom. The second-order valence-corrected chi connectivity index (χ2v) is 10.9. The number of ketones is 1. The number of carbonyl (C=O) groups is 3. The van der Waals surface area contributed by atoms with Gasteiger partial charge in [0.15, 0.2) is 5.78 Å². The molecule has 0 atom stereocenters. The molecule has 0 heterocycles. The first kappa shape index (κ1) is 28.7. The maximum Gasteiger partial charge on any atom is 0.409 e. The lowest BCUT2D eigenvalue weighted by Gasteiger charge is -2.27. The number of hydrogen-bond donors (Lipinski definition) is 0. The van der Waals surface area contributed by atoms with Gasteiger partial charge in [-0.1, -0.05) is 53.7 Å². The average molecular weight is 495 g/mol. The molecule has 36 heavy (non-hydrogen) atoms. The number of Topliss-reactive ketones (excluding diaryl/α,β-unsaturated/α-hetero) is 1. The Balaban J connectivity index is 1.84. The Morgan fingerprint density at radius 1 is 0.722 bits per heavy atom. The van der Waals surface area contributed by atoms with E-state index in [1.54, 1.807) is 55.4 Å². The summed E-state index contributed by atoms with van der Waals surface area (Å²) in [7, 11) is 3.38. The van der Waals surface area contributed by atoms with Gasteiger partial charge in [-0.15, -0.1) is 0 Å². The quantitative estimate of drug-likeness (QED) is 0.313. The molecule has 2 aromatic rings. The molecule has 0 aromatic heterocycles. The van der Waals surface area contributed by atoms with Gasteiger partial charge in [-0.2, -0.15) is 10.2 Å². The third-order valence-electron chi connectivity index (χ3n) is 5.46. The van der Waals surface area contributed by atoms with Crippen LogP contribution in [0.3, 0.4) is 0 Å². The SMILES string of the molecule is CN(CCN(C)C(=O)C(C)(C)C)C(=O)OCc1ccc(/N=N/c2ccc(C(=O)C(C)(C)C)cc2)cc1. The monoisotopic (exact) mass is 494 g/mol. The molecule has 0 saturated heterocycles. The molecule has 0 unspecified atom stereocenters. The standard InChI is InChI=1S/C28H38N4O4/c1-27(2,3)24(33)21-11-15-23(16-12-21)30-29-22-13-9-20(10-14-22)19-36-26(35)32(8)18-17-31(7)25(34)28(4,5)6/h9-16H,17-19H2,1-8H3/b30-29+. The summed E-state index contributed by atoms with van der Waals surface area (Å²) in [6, 6.07) is 14.3. The minimum Gasteiger partial charge on any atom is -0.445 e. The van der Waals surface area contributed by atoms with Crippen molar-refractivity contribution in [2.24, 2.45) is 21.1 Å². The van der Waals surface area contributed by atoms with Crippen molar-refractivity contribution < 1.29 is 19.1 Å². The zero-order chi connectivity index (χ0) is 27.1. The average Bonchev–Trinajstić information content (AvgIpc) is 2.83. The summed E-state index contributed by atoms with van der Waals surface area (Å²) in [6.07, 6.45) is -0.455. The van der Waals surface area contributed by atoms with Crippen molar-refractivity contribution in [2.75, 3.05) is 27.2 Å². The summed E-state index contributed by atoms with van der Waals surface area (Å²) >= 11 is 0. The summed E-state index contributed by atoms with van der Waals surface area (Å²) in [4.78, 5) is 39.9. The Hall–Kier alpha value is -3.55. The topological polar surface area (TPSA) is 91.6 Å². The van der Waals surface area contributed by atoms with E-state index in [9.17, 15) is 14.4 Å². The Labute approximate surface area is 214 Å². The summed E-state index contributed by atoms with van der Waals surface area (Å²) < 4.78 is 5.38. The second kappa shape index (κ2) is 11.9. The molecule has 0 fully saturated rings. The number of rotatable bonds is 8. The lowest BCUT2D eigenvalue weighted by atomic mass is 9.86. The van der Waals surface area contributed by atoms with Crippen LogP contribution in [0.5, 0.6) is 0 Å². The molecule has 194 valence electrons. The zero-order valence-corrected chi connectivity index (χ0v) is 22.7. The van der Waals surface area contributed by atoms with Crippen molar-refractivity contribution in [1.29, 1.82) is 0 Å². The van der Waals surface area contributed by atoms with E-state index in [0.717, 1.165) is 5.56 Å². The molecule has 8 nitrogen and oxygen atoms in total. The van der Waals surface area contributed by atoms with Crippen LogP contribution >= 0.6 is 0 Å². The third-order valence-corrected chi connectivity index (χ3v) is 5.46. The summed E-state index contributed by atoms with van der Waals surface area (Å²) in [6.45, 7) is 12.2. The summed E-state index contributed by atoms with van der Waals surface area (Å²) in [5.41, 5.74) is 1.88. The number of nitrogens with zero attached hydrogens (tertiary/aromatic N) is 4. The predicted octanol–water partition coefficient (Wildman–Crippen LogP) is 6.40. The van der Waals surface area contributed by atoms with E-state index in [2.05, 4.69) is 10.2 Å². The Kier molecular flexibility index (Phi) is 9.50. The molecule has 0 aliphatic rings. The molecule has 0 aliphatic heterocycles. The molecule has 2 aromatic carbocycles. The van der Waals surface area contributed by atoms with Crippen molar-refractivity contribution in [2.45, 2.75) is 48.1 Å². The highest BCUT2D eigenvalue weighted by molar-refractivity contribution is 5.99. The van der Waals surface area contributed by atoms with Gasteiger partial charge in [-0.3, -0.25) is 9.59 Å². The van der Waals surface area contributed by atoms with Gasteiger partial charge in [0.25, 0.3) is 0 Å². The van der Waals surface area contributed by atoms with Crippen LogP contribution in [0.15, 0.2) is 58.8 Å². The number of likely N-dealkylation sites (N-methyl/N-ethyl adjacent to an activating group) is 2. The fourth-order valence-corrected chi connectivity index (χ4v) is 3.21. The summed E-state index contributed by atoms with van der Waals surface area (Å²) in [5.74, 6) is 0.102. The molecular weight excluding hydrogens is 456 g/mol. The first-order valence-corrected chi connectivity index (χ1v) is 12.0. The fraction of sp³-hybridized carbons (Fsp3) is 0.464. The van der Waals surface area contributed by atoms with Gasteiger partial charge >= 0.3 is 6.09 Å². The number of azo groups is 1. The molecule has 2 amide bonds. The van der Waals surface area contributed by atoms with Crippen LogP contribution in [0.4, 0.5) is 16.2 Å². The first-order valence-electron chi connectivity index (χ1n) is 12.0. The zero-order valence-electron chi connectivity index (χ0n) is 22.7. The number of benzene rings is 2. The van der Waals surface area contributed by atoms with Gasteiger partial charge in [-0.25, -0.2) is 4.79 Å². The Bertz CT molecular complexity index is 1080. The van der Waals surface area contributed by atoms with E-state index in [0.29, 0.717) is 30.0 Å². The highest BCUT2D eigenvalue weighted by Gasteiger charge is 2.25. The minimum atomic E-state index is -0.462. The van der Waals surface area contributed by atoms with Crippen LogP contribution in [0.2, 0.25) is 0 Å². The highest BCUT2D eigenvalue weighted by atomic mass is 16.6. The highest BCUT2D eigenvalue weighted by Crippen LogP contribution is 2.24. The molecule has 0 radical (unpaired) electrons. The van der Waals surface area contributed by atoms with Crippen LogP contribution in [0.1, 0.15) is 57.5 Å².